The minimum atomic E-state index is 0.245. The Morgan fingerprint density at radius 3 is 2.79 bits per heavy atom. The maximum absolute atomic E-state index is 12.2. The molecule has 0 spiro atoms. The molecule has 0 bridgehead atoms. The molecule has 1 aromatic carbocycles. The first-order valence-corrected chi connectivity index (χ1v) is 7.61. The van der Waals surface area contributed by atoms with Crippen molar-refractivity contribution in [3.8, 4) is 5.75 Å². The summed E-state index contributed by atoms with van der Waals surface area (Å²) >= 11 is 0. The van der Waals surface area contributed by atoms with Gasteiger partial charge in [-0.3, -0.25) is 4.79 Å². The molecule has 0 aliphatic carbocycles. The maximum Gasteiger partial charge on any atom is 0.166 e. The Kier molecular flexibility index (Phi) is 5.44. The van der Waals surface area contributed by atoms with Crippen molar-refractivity contribution in [2.75, 3.05) is 6.61 Å². The number of benzene rings is 1. The Labute approximate surface area is 116 Å². The Morgan fingerprint density at radius 2 is 1.95 bits per heavy atom. The Morgan fingerprint density at radius 1 is 1.16 bits per heavy atom. The molecule has 1 aliphatic heterocycles. The monoisotopic (exact) mass is 260 g/mol. The van der Waals surface area contributed by atoms with Gasteiger partial charge in [0.05, 0.1) is 12.2 Å². The van der Waals surface area contributed by atoms with E-state index in [0.29, 0.717) is 6.42 Å². The largest absolute Gasteiger partial charge is 0.492 e. The highest BCUT2D eigenvalue weighted by atomic mass is 16.5. The third kappa shape index (κ3) is 3.82. The second-order valence-electron chi connectivity index (χ2n) is 5.33. The van der Waals surface area contributed by atoms with Crippen molar-refractivity contribution in [1.82, 2.24) is 0 Å². The van der Waals surface area contributed by atoms with Crippen molar-refractivity contribution in [1.29, 1.82) is 0 Å². The predicted octanol–water partition coefficient (Wildman–Crippen LogP) is 4.55. The van der Waals surface area contributed by atoms with Gasteiger partial charge in [-0.05, 0) is 18.1 Å². The number of ketones is 1. The molecule has 1 aromatic rings. The summed E-state index contributed by atoms with van der Waals surface area (Å²) in [5, 5.41) is 0. The molecule has 0 fully saturated rings. The fraction of sp³-hybridized carbons (Fsp3) is 0.588. The SMILES string of the molecule is CCCCCCCCC(=O)c1cccc2c1OCC2. The summed E-state index contributed by atoms with van der Waals surface area (Å²) in [6.45, 7) is 2.94. The van der Waals surface area contributed by atoms with Crippen LogP contribution in [-0.4, -0.2) is 12.4 Å². The fourth-order valence-electron chi connectivity index (χ4n) is 2.64. The molecule has 0 radical (unpaired) electrons. The molecular weight excluding hydrogens is 236 g/mol. The van der Waals surface area contributed by atoms with Crippen molar-refractivity contribution in [2.24, 2.45) is 0 Å². The molecule has 2 rings (SSSR count). The summed E-state index contributed by atoms with van der Waals surface area (Å²) < 4.78 is 5.59. The Bertz CT molecular complexity index is 423. The summed E-state index contributed by atoms with van der Waals surface area (Å²) in [6.07, 6.45) is 8.91. The van der Waals surface area contributed by atoms with E-state index in [2.05, 4.69) is 13.0 Å². The second kappa shape index (κ2) is 7.32. The molecule has 2 nitrogen and oxygen atoms in total. The molecule has 0 aromatic heterocycles. The Balaban J connectivity index is 1.79. The topological polar surface area (TPSA) is 26.3 Å². The number of para-hydroxylation sites is 1. The van der Waals surface area contributed by atoms with E-state index in [1.54, 1.807) is 0 Å². The molecule has 1 aliphatic rings. The highest BCUT2D eigenvalue weighted by Crippen LogP contribution is 2.30. The molecule has 0 unspecified atom stereocenters. The molecule has 104 valence electrons. The smallest absolute Gasteiger partial charge is 0.166 e. The highest BCUT2D eigenvalue weighted by molar-refractivity contribution is 5.99. The average molecular weight is 260 g/mol. The first kappa shape index (κ1) is 14.1. The lowest BCUT2D eigenvalue weighted by Gasteiger charge is -2.07. The summed E-state index contributed by atoms with van der Waals surface area (Å²) in [6, 6.07) is 5.94. The molecule has 0 saturated carbocycles. The van der Waals surface area contributed by atoms with Gasteiger partial charge in [-0.15, -0.1) is 0 Å². The van der Waals surface area contributed by atoms with Crippen LogP contribution >= 0.6 is 0 Å². The highest BCUT2D eigenvalue weighted by Gasteiger charge is 2.19. The van der Waals surface area contributed by atoms with Crippen LogP contribution in [0.1, 0.15) is 67.8 Å². The van der Waals surface area contributed by atoms with E-state index < -0.39 is 0 Å². The van der Waals surface area contributed by atoms with E-state index in [-0.39, 0.29) is 5.78 Å². The van der Waals surface area contributed by atoms with E-state index in [1.165, 1.54) is 37.7 Å². The zero-order valence-electron chi connectivity index (χ0n) is 11.9. The zero-order chi connectivity index (χ0) is 13.5. The van der Waals surface area contributed by atoms with Crippen LogP contribution < -0.4 is 4.74 Å². The van der Waals surface area contributed by atoms with Gasteiger partial charge in [0, 0.05) is 12.8 Å². The third-order valence-corrected chi connectivity index (χ3v) is 3.77. The van der Waals surface area contributed by atoms with Crippen molar-refractivity contribution >= 4 is 5.78 Å². The Hall–Kier alpha value is -1.31. The summed E-state index contributed by atoms with van der Waals surface area (Å²) in [5.74, 6) is 1.09. The number of hydrogen-bond donors (Lipinski definition) is 0. The van der Waals surface area contributed by atoms with Crippen LogP contribution in [0.5, 0.6) is 5.75 Å². The molecule has 0 saturated heterocycles. The van der Waals surface area contributed by atoms with Gasteiger partial charge < -0.3 is 4.74 Å². The number of carbonyl (C=O) groups excluding carboxylic acids is 1. The van der Waals surface area contributed by atoms with Crippen LogP contribution in [0.15, 0.2) is 18.2 Å². The van der Waals surface area contributed by atoms with Crippen molar-refractivity contribution in [2.45, 2.75) is 58.3 Å². The molecular formula is C17H24O2. The molecule has 19 heavy (non-hydrogen) atoms. The van der Waals surface area contributed by atoms with Crippen LogP contribution in [0.25, 0.3) is 0 Å². The summed E-state index contributed by atoms with van der Waals surface area (Å²) in [7, 11) is 0. The number of unbranched alkanes of at least 4 members (excludes halogenated alkanes) is 5. The first-order valence-electron chi connectivity index (χ1n) is 7.61. The second-order valence-corrected chi connectivity index (χ2v) is 5.33. The van der Waals surface area contributed by atoms with Crippen molar-refractivity contribution < 1.29 is 9.53 Å². The lowest BCUT2D eigenvalue weighted by molar-refractivity contribution is 0.0976. The summed E-state index contributed by atoms with van der Waals surface area (Å²) in [5.41, 5.74) is 1.98. The van der Waals surface area contributed by atoms with Gasteiger partial charge in [0.2, 0.25) is 0 Å². The van der Waals surface area contributed by atoms with Crippen LogP contribution in [0, 0.1) is 0 Å². The van der Waals surface area contributed by atoms with Crippen LogP contribution in [0.3, 0.4) is 0 Å². The van der Waals surface area contributed by atoms with Crippen LogP contribution in [-0.2, 0) is 6.42 Å². The fourth-order valence-corrected chi connectivity index (χ4v) is 2.64. The average Bonchev–Trinajstić information content (AvgIpc) is 2.90. The van der Waals surface area contributed by atoms with Crippen LogP contribution in [0.2, 0.25) is 0 Å². The van der Waals surface area contributed by atoms with Gasteiger partial charge in [-0.25, -0.2) is 0 Å². The van der Waals surface area contributed by atoms with E-state index in [4.69, 9.17) is 4.74 Å². The lowest BCUT2D eigenvalue weighted by atomic mass is 10.0. The molecule has 0 atom stereocenters. The molecule has 1 heterocycles. The first-order chi connectivity index (χ1) is 9.33. The van der Waals surface area contributed by atoms with Gasteiger partial charge in [0.25, 0.3) is 0 Å². The van der Waals surface area contributed by atoms with Crippen molar-refractivity contribution in [3.05, 3.63) is 29.3 Å². The standard InChI is InChI=1S/C17H24O2/c1-2-3-4-5-6-7-11-16(18)15-10-8-9-14-12-13-19-17(14)15/h8-10H,2-7,11-13H2,1H3. The lowest BCUT2D eigenvalue weighted by Crippen LogP contribution is -2.01. The minimum Gasteiger partial charge on any atom is -0.492 e. The quantitative estimate of drug-likeness (QED) is 0.506. The number of rotatable bonds is 8. The normalized spacial score (nSPS) is 13.1. The van der Waals surface area contributed by atoms with Gasteiger partial charge in [0.15, 0.2) is 5.78 Å². The van der Waals surface area contributed by atoms with Gasteiger partial charge in [-0.1, -0.05) is 51.2 Å². The number of ether oxygens (including phenoxy) is 1. The maximum atomic E-state index is 12.2. The molecule has 2 heteroatoms. The van der Waals surface area contributed by atoms with Gasteiger partial charge in [0.1, 0.15) is 5.75 Å². The molecule has 0 amide bonds. The van der Waals surface area contributed by atoms with Crippen molar-refractivity contribution in [3.63, 3.8) is 0 Å². The van der Waals surface area contributed by atoms with E-state index in [0.717, 1.165) is 30.8 Å². The summed E-state index contributed by atoms with van der Waals surface area (Å²) in [4.78, 5) is 12.2. The van der Waals surface area contributed by atoms with Gasteiger partial charge in [-0.2, -0.15) is 0 Å². The number of hydrogen-bond acceptors (Lipinski definition) is 2. The van der Waals surface area contributed by atoms with E-state index in [1.807, 2.05) is 12.1 Å². The predicted molar refractivity (Wildman–Crippen MR) is 78.0 cm³/mol. The number of Topliss-reactive ketones (excluding diaryl/α,β-unsaturated/α-hetero) is 1. The number of carbonyl (C=O) groups is 1. The zero-order valence-corrected chi connectivity index (χ0v) is 11.9. The van der Waals surface area contributed by atoms with E-state index >= 15 is 0 Å². The van der Waals surface area contributed by atoms with Crippen LogP contribution in [0.4, 0.5) is 0 Å². The van der Waals surface area contributed by atoms with Gasteiger partial charge >= 0.3 is 0 Å². The minimum absolute atomic E-state index is 0.245. The number of fused-ring (bicyclic) bond motifs is 1. The van der Waals surface area contributed by atoms with E-state index in [9.17, 15) is 4.79 Å². The third-order valence-electron chi connectivity index (χ3n) is 3.77. The molecule has 0 N–H and O–H groups in total.